The lowest BCUT2D eigenvalue weighted by molar-refractivity contribution is -0.121. The Morgan fingerprint density at radius 2 is 1.81 bits per heavy atom. The molecule has 1 aromatic heterocycles. The molecular formula is C16H19N3O2. The molecule has 2 N–H and O–H groups in total. The Bertz CT molecular complexity index is 675. The molecule has 0 atom stereocenters. The first kappa shape index (κ1) is 15.0. The van der Waals surface area contributed by atoms with Crippen molar-refractivity contribution in [2.45, 2.75) is 26.3 Å². The van der Waals surface area contributed by atoms with Gasteiger partial charge in [-0.1, -0.05) is 24.3 Å². The maximum atomic E-state index is 12.0. The Kier molecular flexibility index (Phi) is 4.21. The lowest BCUT2D eigenvalue weighted by atomic mass is 10.1. The van der Waals surface area contributed by atoms with Gasteiger partial charge in [0.25, 0.3) is 5.91 Å². The number of carbonyl (C=O) groups excluding carboxylic acids is 2. The Hall–Kier alpha value is -2.43. The second kappa shape index (κ2) is 5.91. The number of carbonyl (C=O) groups is 2. The van der Waals surface area contributed by atoms with E-state index in [4.69, 9.17) is 0 Å². The van der Waals surface area contributed by atoms with Crippen molar-refractivity contribution in [3.8, 4) is 0 Å². The minimum absolute atomic E-state index is 0.0649. The number of hydrogen-bond acceptors (Lipinski definition) is 3. The van der Waals surface area contributed by atoms with Crippen LogP contribution in [0.25, 0.3) is 10.9 Å². The summed E-state index contributed by atoms with van der Waals surface area (Å²) in [5.41, 5.74) is 0.741. The van der Waals surface area contributed by atoms with Crippen molar-refractivity contribution in [2.24, 2.45) is 0 Å². The molecule has 5 nitrogen and oxygen atoms in total. The number of aromatic nitrogens is 1. The fraction of sp³-hybridized carbons (Fsp3) is 0.312. The number of para-hydroxylation sites is 1. The van der Waals surface area contributed by atoms with Gasteiger partial charge in [-0.2, -0.15) is 0 Å². The van der Waals surface area contributed by atoms with E-state index in [0.29, 0.717) is 5.69 Å². The van der Waals surface area contributed by atoms with Gasteiger partial charge in [0.15, 0.2) is 0 Å². The van der Waals surface area contributed by atoms with Crippen LogP contribution in [0.5, 0.6) is 0 Å². The Morgan fingerprint density at radius 3 is 2.52 bits per heavy atom. The van der Waals surface area contributed by atoms with Gasteiger partial charge in [-0.25, -0.2) is 4.98 Å². The van der Waals surface area contributed by atoms with Gasteiger partial charge in [0, 0.05) is 10.9 Å². The van der Waals surface area contributed by atoms with Crippen LogP contribution in [-0.4, -0.2) is 28.9 Å². The van der Waals surface area contributed by atoms with Gasteiger partial charge in [-0.15, -0.1) is 0 Å². The molecule has 0 saturated heterocycles. The normalized spacial score (nSPS) is 11.2. The molecule has 2 rings (SSSR count). The van der Waals surface area contributed by atoms with Crippen LogP contribution in [0.4, 0.5) is 0 Å². The zero-order chi connectivity index (χ0) is 15.5. The standard InChI is InChI=1S/C16H19N3O2/c1-16(2,3)19-14(20)10-17-15(21)13-9-8-11-6-4-5-7-12(11)18-13/h4-9H,10H2,1-3H3,(H,17,21)(H,19,20). The molecule has 0 unspecified atom stereocenters. The number of nitrogens with zero attached hydrogens (tertiary/aromatic N) is 1. The molecule has 0 spiro atoms. The van der Waals surface area contributed by atoms with Gasteiger partial charge in [0.1, 0.15) is 5.69 Å². The molecule has 0 radical (unpaired) electrons. The third-order valence-corrected chi connectivity index (χ3v) is 2.75. The highest BCUT2D eigenvalue weighted by atomic mass is 16.2. The molecule has 0 fully saturated rings. The molecule has 2 aromatic rings. The van der Waals surface area contributed by atoms with Crippen LogP contribution >= 0.6 is 0 Å². The Balaban J connectivity index is 2.00. The summed E-state index contributed by atoms with van der Waals surface area (Å²) in [7, 11) is 0. The number of pyridine rings is 1. The minimum Gasteiger partial charge on any atom is -0.350 e. The largest absolute Gasteiger partial charge is 0.350 e. The second-order valence-corrected chi connectivity index (χ2v) is 5.87. The number of benzene rings is 1. The van der Waals surface area contributed by atoms with Crippen LogP contribution < -0.4 is 10.6 Å². The number of fused-ring (bicyclic) bond motifs is 1. The van der Waals surface area contributed by atoms with Crippen molar-refractivity contribution in [1.82, 2.24) is 15.6 Å². The van der Waals surface area contributed by atoms with Gasteiger partial charge < -0.3 is 10.6 Å². The summed E-state index contributed by atoms with van der Waals surface area (Å²) in [6, 6.07) is 11.1. The lowest BCUT2D eigenvalue weighted by Gasteiger charge is -2.20. The van der Waals surface area contributed by atoms with Crippen LogP contribution in [0, 0.1) is 0 Å². The Labute approximate surface area is 123 Å². The molecule has 110 valence electrons. The summed E-state index contributed by atoms with van der Waals surface area (Å²) in [6.07, 6.45) is 0. The summed E-state index contributed by atoms with van der Waals surface area (Å²) in [6.45, 7) is 5.59. The average molecular weight is 285 g/mol. The molecule has 0 aliphatic carbocycles. The number of rotatable bonds is 3. The van der Waals surface area contributed by atoms with E-state index >= 15 is 0 Å². The highest BCUT2D eigenvalue weighted by molar-refractivity contribution is 5.96. The van der Waals surface area contributed by atoms with E-state index in [1.807, 2.05) is 51.1 Å². The first-order chi connectivity index (χ1) is 9.85. The molecule has 0 aliphatic heterocycles. The molecule has 0 saturated carbocycles. The smallest absolute Gasteiger partial charge is 0.270 e. The van der Waals surface area contributed by atoms with Crippen LogP contribution in [0.2, 0.25) is 0 Å². The number of nitrogens with one attached hydrogen (secondary N) is 2. The predicted molar refractivity (Wildman–Crippen MR) is 82.0 cm³/mol. The van der Waals surface area contributed by atoms with Crippen LogP contribution in [0.15, 0.2) is 36.4 Å². The van der Waals surface area contributed by atoms with Gasteiger partial charge >= 0.3 is 0 Å². The SMILES string of the molecule is CC(C)(C)NC(=O)CNC(=O)c1ccc2ccccc2n1. The molecular weight excluding hydrogens is 266 g/mol. The van der Waals surface area contributed by atoms with E-state index in [1.165, 1.54) is 0 Å². The first-order valence-corrected chi connectivity index (χ1v) is 6.80. The lowest BCUT2D eigenvalue weighted by Crippen LogP contribution is -2.45. The molecule has 1 aromatic carbocycles. The van der Waals surface area contributed by atoms with E-state index in [0.717, 1.165) is 10.9 Å². The van der Waals surface area contributed by atoms with E-state index < -0.39 is 0 Å². The molecule has 5 heteroatoms. The maximum absolute atomic E-state index is 12.0. The van der Waals surface area contributed by atoms with E-state index in [9.17, 15) is 9.59 Å². The van der Waals surface area contributed by atoms with Gasteiger partial charge in [-0.05, 0) is 32.9 Å². The van der Waals surface area contributed by atoms with Crippen molar-refractivity contribution in [1.29, 1.82) is 0 Å². The second-order valence-electron chi connectivity index (χ2n) is 5.87. The molecule has 21 heavy (non-hydrogen) atoms. The highest BCUT2D eigenvalue weighted by Gasteiger charge is 2.15. The topological polar surface area (TPSA) is 71.1 Å². The average Bonchev–Trinajstić information content (AvgIpc) is 2.42. The van der Waals surface area contributed by atoms with Gasteiger partial charge in [0.2, 0.25) is 5.91 Å². The van der Waals surface area contributed by atoms with Crippen LogP contribution in [0.1, 0.15) is 31.3 Å². The zero-order valence-corrected chi connectivity index (χ0v) is 12.4. The molecule has 1 heterocycles. The van der Waals surface area contributed by atoms with E-state index in [1.54, 1.807) is 6.07 Å². The maximum Gasteiger partial charge on any atom is 0.270 e. The van der Waals surface area contributed by atoms with Crippen molar-refractivity contribution in [2.75, 3.05) is 6.54 Å². The summed E-state index contributed by atoms with van der Waals surface area (Å²) < 4.78 is 0. The number of hydrogen-bond donors (Lipinski definition) is 2. The highest BCUT2D eigenvalue weighted by Crippen LogP contribution is 2.11. The Morgan fingerprint density at radius 1 is 1.10 bits per heavy atom. The van der Waals surface area contributed by atoms with Crippen molar-refractivity contribution in [3.05, 3.63) is 42.1 Å². The minimum atomic E-state index is -0.357. The third-order valence-electron chi connectivity index (χ3n) is 2.75. The first-order valence-electron chi connectivity index (χ1n) is 6.80. The molecule has 2 amide bonds. The summed E-state index contributed by atoms with van der Waals surface area (Å²) in [4.78, 5) is 27.9. The summed E-state index contributed by atoms with van der Waals surface area (Å²) in [5.74, 6) is -0.582. The van der Waals surface area contributed by atoms with Crippen LogP contribution in [-0.2, 0) is 4.79 Å². The van der Waals surface area contributed by atoms with Crippen LogP contribution in [0.3, 0.4) is 0 Å². The third kappa shape index (κ3) is 4.27. The van der Waals surface area contributed by atoms with E-state index in [2.05, 4.69) is 15.6 Å². The molecule has 0 aliphatic rings. The molecule has 0 bridgehead atoms. The fourth-order valence-corrected chi connectivity index (χ4v) is 1.91. The van der Waals surface area contributed by atoms with Gasteiger partial charge in [-0.3, -0.25) is 9.59 Å². The number of amides is 2. The van der Waals surface area contributed by atoms with Crippen molar-refractivity contribution < 1.29 is 9.59 Å². The monoisotopic (exact) mass is 285 g/mol. The summed E-state index contributed by atoms with van der Waals surface area (Å²) in [5, 5.41) is 6.33. The predicted octanol–water partition coefficient (Wildman–Crippen LogP) is 1.88. The van der Waals surface area contributed by atoms with Crippen molar-refractivity contribution in [3.63, 3.8) is 0 Å². The van der Waals surface area contributed by atoms with Crippen molar-refractivity contribution >= 4 is 22.7 Å². The summed E-state index contributed by atoms with van der Waals surface area (Å²) >= 11 is 0. The quantitative estimate of drug-likeness (QED) is 0.904. The zero-order valence-electron chi connectivity index (χ0n) is 12.4. The van der Waals surface area contributed by atoms with Gasteiger partial charge in [0.05, 0.1) is 12.1 Å². The fourth-order valence-electron chi connectivity index (χ4n) is 1.91. The van der Waals surface area contributed by atoms with E-state index in [-0.39, 0.29) is 23.9 Å².